The summed E-state index contributed by atoms with van der Waals surface area (Å²) in [6, 6.07) is 24.7. The van der Waals surface area contributed by atoms with Gasteiger partial charge in [0.15, 0.2) is 0 Å². The molecule has 0 unspecified atom stereocenters. The van der Waals surface area contributed by atoms with Crippen LogP contribution in [-0.4, -0.2) is 51.3 Å². The molecule has 0 atom stereocenters. The summed E-state index contributed by atoms with van der Waals surface area (Å²) in [6.45, 7) is 17.0. The molecule has 0 radical (unpaired) electrons. The molecule has 4 aromatic heterocycles. The standard InChI is InChI=1S/C56H54F6N2OSe2/c1-51(2,3)41-23-39(47-49-37(19-21-63-47)27-45(66-49)35-15-11-33(12-16-35)31-53(7,8)55(57,58)59)25-43(29-41)65-44-26-40(24-42(30-44)52(4,5)6)48-50-38(20-22-64-48)28-46(67-50)36-17-13-34(14-18-36)32-54(9,10)56(60,61)62/h11-30H,31-32H2,1-10H3/i19D,20D,21D,22D,27D,28D. The van der Waals surface area contributed by atoms with E-state index in [9.17, 15) is 29.1 Å². The first-order chi connectivity index (χ1) is 33.6. The van der Waals surface area contributed by atoms with Gasteiger partial charge in [-0.2, -0.15) is 0 Å². The molecule has 0 saturated carbocycles. The van der Waals surface area contributed by atoms with E-state index in [4.69, 9.17) is 10.2 Å². The number of pyridine rings is 2. The van der Waals surface area contributed by atoms with Crippen LogP contribution < -0.4 is 4.74 Å². The number of nitrogens with zero attached hydrogens (tertiary/aromatic N) is 2. The minimum absolute atomic E-state index is 0.0769. The maximum atomic E-state index is 13.7. The zero-order valence-corrected chi connectivity index (χ0v) is 42.3. The maximum absolute atomic E-state index is 13.7. The van der Waals surface area contributed by atoms with Crippen molar-refractivity contribution in [2.24, 2.45) is 10.8 Å². The van der Waals surface area contributed by atoms with Crippen LogP contribution in [0.3, 0.4) is 0 Å². The molecule has 0 aliphatic carbocycles. The van der Waals surface area contributed by atoms with Crippen LogP contribution in [0.25, 0.3) is 61.8 Å². The van der Waals surface area contributed by atoms with Gasteiger partial charge in [-0.25, -0.2) is 0 Å². The number of hydrogen-bond donors (Lipinski definition) is 0. The number of benzene rings is 4. The third-order valence-electron chi connectivity index (χ3n) is 12.1. The second-order valence-corrected chi connectivity index (χ2v) is 24.8. The Labute approximate surface area is 409 Å². The molecule has 0 bridgehead atoms. The van der Waals surface area contributed by atoms with Crippen LogP contribution in [0.2, 0.25) is 0 Å². The van der Waals surface area contributed by atoms with Gasteiger partial charge in [-0.3, -0.25) is 0 Å². The molecule has 0 aliphatic heterocycles. The number of ether oxygens (including phenoxy) is 1. The predicted molar refractivity (Wildman–Crippen MR) is 264 cm³/mol. The van der Waals surface area contributed by atoms with E-state index in [0.717, 1.165) is 11.1 Å². The molecule has 0 fully saturated rings. The van der Waals surface area contributed by atoms with Gasteiger partial charge < -0.3 is 0 Å². The molecule has 0 spiro atoms. The summed E-state index contributed by atoms with van der Waals surface area (Å²) in [5.74, 6) is 0.867. The third kappa shape index (κ3) is 10.4. The van der Waals surface area contributed by atoms with E-state index >= 15 is 0 Å². The van der Waals surface area contributed by atoms with E-state index < -0.39 is 63.0 Å². The number of hydrogen-bond acceptors (Lipinski definition) is 3. The van der Waals surface area contributed by atoms with Crippen LogP contribution in [0.1, 0.15) is 99.7 Å². The summed E-state index contributed by atoms with van der Waals surface area (Å²) >= 11 is -1.16. The topological polar surface area (TPSA) is 35.0 Å². The molecule has 3 nitrogen and oxygen atoms in total. The molecule has 8 aromatic rings. The monoisotopic (exact) mass is 1050 g/mol. The van der Waals surface area contributed by atoms with Gasteiger partial charge in [0.2, 0.25) is 0 Å². The Balaban J connectivity index is 1.22. The van der Waals surface area contributed by atoms with Crippen molar-refractivity contribution >= 4 is 48.3 Å². The SMILES string of the molecule is [2H]c1nc(-c2cc(Oc3cc(-c4nc([2H])c([2H])c5c([2H])c(-c6ccc(CC(C)(C)C(F)(F)F)cc6)[se]c45)cc(C(C)(C)C)c3)cc(C(C)(C)C)c2)c2[se]c(-c3ccc(CC(C)(C)C(F)(F)F)cc3)c([2H])c2c1[2H]. The van der Waals surface area contributed by atoms with Gasteiger partial charge in [0.1, 0.15) is 0 Å². The first-order valence-corrected chi connectivity index (χ1v) is 25.2. The first-order valence-electron chi connectivity index (χ1n) is 24.8. The Morgan fingerprint density at radius 1 is 0.493 bits per heavy atom. The van der Waals surface area contributed by atoms with Crippen molar-refractivity contribution in [3.8, 4) is 54.0 Å². The zero-order valence-electron chi connectivity index (χ0n) is 44.9. The van der Waals surface area contributed by atoms with Gasteiger partial charge in [-0.15, -0.1) is 0 Å². The van der Waals surface area contributed by atoms with Crippen molar-refractivity contribution in [2.45, 2.75) is 105 Å². The molecule has 0 amide bonds. The molecule has 11 heteroatoms. The summed E-state index contributed by atoms with van der Waals surface area (Å²) in [6.07, 6.45) is -9.83. The van der Waals surface area contributed by atoms with Crippen LogP contribution in [0.5, 0.6) is 11.5 Å². The van der Waals surface area contributed by atoms with E-state index in [-0.39, 0.29) is 49.4 Å². The molecule has 0 saturated heterocycles. The van der Waals surface area contributed by atoms with Crippen LogP contribution in [-0.2, 0) is 23.7 Å². The van der Waals surface area contributed by atoms with Crippen molar-refractivity contribution in [2.75, 3.05) is 0 Å². The predicted octanol–water partition coefficient (Wildman–Crippen LogP) is 16.2. The zero-order chi connectivity index (χ0) is 53.7. The van der Waals surface area contributed by atoms with Crippen LogP contribution in [0.4, 0.5) is 26.3 Å². The van der Waals surface area contributed by atoms with E-state index in [2.05, 4.69) is 9.97 Å². The summed E-state index contributed by atoms with van der Waals surface area (Å²) in [7, 11) is 0. The number of alkyl halides is 6. The molecule has 0 N–H and O–H groups in total. The Kier molecular flexibility index (Phi) is 10.8. The van der Waals surface area contributed by atoms with Gasteiger partial charge in [0.25, 0.3) is 0 Å². The first kappa shape index (κ1) is 41.1. The Morgan fingerprint density at radius 2 is 0.851 bits per heavy atom. The minimum atomic E-state index is -4.39. The number of fused-ring (bicyclic) bond motifs is 2. The summed E-state index contributed by atoms with van der Waals surface area (Å²) < 4.78 is 146. The Bertz CT molecular complexity index is 3210. The fourth-order valence-corrected chi connectivity index (χ4v) is 12.1. The summed E-state index contributed by atoms with van der Waals surface area (Å²) in [5, 5.41) is 0.589. The number of rotatable bonds is 10. The average molecular weight is 1050 g/mol. The third-order valence-corrected chi connectivity index (χ3v) is 16.9. The second-order valence-electron chi connectivity index (χ2n) is 20.5. The summed E-state index contributed by atoms with van der Waals surface area (Å²) in [4.78, 5) is 9.32. The molecule has 67 heavy (non-hydrogen) atoms. The fourth-order valence-electron chi connectivity index (χ4n) is 7.60. The quantitative estimate of drug-likeness (QED) is 0.101. The molecule has 4 heterocycles. The average Bonchev–Trinajstić information content (AvgIpc) is 3.81. The fraction of sp³-hybridized carbons (Fsp3) is 0.321. The summed E-state index contributed by atoms with van der Waals surface area (Å²) in [5.41, 5.74) is 1.40. The van der Waals surface area contributed by atoms with Crippen molar-refractivity contribution in [1.29, 1.82) is 0 Å². The second kappa shape index (κ2) is 17.6. The molecular formula is C56H54F6N2OSe2. The number of aromatic nitrogens is 2. The van der Waals surface area contributed by atoms with Gasteiger partial charge in [0, 0.05) is 0 Å². The van der Waals surface area contributed by atoms with E-state index in [1.165, 1.54) is 27.7 Å². The van der Waals surface area contributed by atoms with E-state index in [0.29, 0.717) is 84.4 Å². The van der Waals surface area contributed by atoms with Gasteiger partial charge in [-0.1, -0.05) is 0 Å². The Hall–Kier alpha value is -4.92. The van der Waals surface area contributed by atoms with Gasteiger partial charge in [-0.05, 0) is 0 Å². The van der Waals surface area contributed by atoms with Crippen LogP contribution in [0, 0.1) is 10.8 Å². The van der Waals surface area contributed by atoms with Crippen LogP contribution in [0.15, 0.2) is 121 Å². The molecule has 348 valence electrons. The van der Waals surface area contributed by atoms with Crippen molar-refractivity contribution in [3.05, 3.63) is 144 Å². The molecule has 4 aromatic carbocycles. The van der Waals surface area contributed by atoms with Gasteiger partial charge >= 0.3 is 411 Å². The van der Waals surface area contributed by atoms with Crippen molar-refractivity contribution in [1.82, 2.24) is 9.97 Å². The molecule has 0 aliphatic rings. The van der Waals surface area contributed by atoms with Gasteiger partial charge in [0.05, 0.1) is 0 Å². The van der Waals surface area contributed by atoms with Crippen molar-refractivity contribution < 1.29 is 39.3 Å². The normalized spacial score (nSPS) is 14.4. The molecular weight excluding hydrogens is 989 g/mol. The van der Waals surface area contributed by atoms with E-state index in [1.54, 1.807) is 48.5 Å². The molecule has 8 rings (SSSR count). The Morgan fingerprint density at radius 3 is 1.18 bits per heavy atom. The van der Waals surface area contributed by atoms with E-state index in [1.807, 2.05) is 77.9 Å². The van der Waals surface area contributed by atoms with Crippen LogP contribution >= 0.6 is 0 Å². The van der Waals surface area contributed by atoms with Crippen molar-refractivity contribution in [3.63, 3.8) is 0 Å². The number of halogens is 6.